The van der Waals surface area contributed by atoms with Crippen LogP contribution in [0.15, 0.2) is 81.1 Å². The van der Waals surface area contributed by atoms with Crippen LogP contribution in [0.3, 0.4) is 0 Å². The van der Waals surface area contributed by atoms with Crippen LogP contribution in [0.1, 0.15) is 39.6 Å². The molecule has 2 aromatic carbocycles. The second-order valence-corrected chi connectivity index (χ2v) is 12.6. The highest BCUT2D eigenvalue weighted by molar-refractivity contribution is 7.91. The van der Waals surface area contributed by atoms with Gasteiger partial charge in [-0.05, 0) is 37.5 Å². The molecule has 3 heterocycles. The standard InChI is InChI=1S/C30H34N6O6S/c1-20-8-11-25(12-9-20)43(40,41)28-15-27-29(38)31-23(14-21-6-4-3-5-7-21)17-36-18-24(33-34-36)16-35(2)30(39)32-22(19-37)10-13-26(28)42-27/h3-9,11-12,15,18,22-23,37H,10,13-14,16-17,19H2,1-2H3,(H,31,38)(H,32,39)/t22-,23-/m0/s1. The lowest BCUT2D eigenvalue weighted by Gasteiger charge is -2.21. The topological polar surface area (TPSA) is 160 Å². The van der Waals surface area contributed by atoms with Crippen molar-refractivity contribution in [3.8, 4) is 0 Å². The Morgan fingerprint density at radius 1 is 1.05 bits per heavy atom. The maximum Gasteiger partial charge on any atom is 0.317 e. The summed E-state index contributed by atoms with van der Waals surface area (Å²) >= 11 is 0. The van der Waals surface area contributed by atoms with Crippen molar-refractivity contribution in [1.82, 2.24) is 30.5 Å². The van der Waals surface area contributed by atoms with Gasteiger partial charge in [-0.25, -0.2) is 13.2 Å². The lowest BCUT2D eigenvalue weighted by Crippen LogP contribution is -2.44. The quantitative estimate of drug-likeness (QED) is 0.313. The van der Waals surface area contributed by atoms with E-state index in [4.69, 9.17) is 4.42 Å². The van der Waals surface area contributed by atoms with Gasteiger partial charge in [0.25, 0.3) is 5.91 Å². The van der Waals surface area contributed by atoms with Gasteiger partial charge in [0.05, 0.1) is 42.9 Å². The van der Waals surface area contributed by atoms with Crippen LogP contribution in [0, 0.1) is 6.92 Å². The van der Waals surface area contributed by atoms with Crippen molar-refractivity contribution >= 4 is 21.8 Å². The van der Waals surface area contributed by atoms with Gasteiger partial charge in [0, 0.05) is 19.5 Å². The summed E-state index contributed by atoms with van der Waals surface area (Å²) in [5.41, 5.74) is 2.43. The number of hydrogen-bond donors (Lipinski definition) is 3. The molecule has 2 atom stereocenters. The Bertz CT molecular complexity index is 1680. The van der Waals surface area contributed by atoms with Gasteiger partial charge in [-0.1, -0.05) is 53.2 Å². The highest BCUT2D eigenvalue weighted by Crippen LogP contribution is 2.29. The van der Waals surface area contributed by atoms with E-state index in [1.54, 1.807) is 30.1 Å². The third-order valence-corrected chi connectivity index (χ3v) is 9.10. The van der Waals surface area contributed by atoms with Gasteiger partial charge in [-0.2, -0.15) is 0 Å². The first-order valence-corrected chi connectivity index (χ1v) is 15.4. The molecule has 1 aliphatic rings. The molecule has 13 heteroatoms. The van der Waals surface area contributed by atoms with Crippen LogP contribution < -0.4 is 10.6 Å². The summed E-state index contributed by atoms with van der Waals surface area (Å²) in [5.74, 6) is -0.674. The van der Waals surface area contributed by atoms with E-state index >= 15 is 0 Å². The SMILES string of the molecule is Cc1ccc(S(=O)(=O)c2cc3oc2CC[C@@H](CO)NC(=O)N(C)Cc2cn(nn2)C[C@H](Cc2ccccc2)NC3=O)cc1. The van der Waals surface area contributed by atoms with Crippen LogP contribution in [0.5, 0.6) is 0 Å². The number of urea groups is 1. The highest BCUT2D eigenvalue weighted by atomic mass is 32.2. The molecule has 0 radical (unpaired) electrons. The lowest BCUT2D eigenvalue weighted by atomic mass is 10.1. The van der Waals surface area contributed by atoms with Gasteiger partial charge in [0.2, 0.25) is 9.84 Å². The first-order chi connectivity index (χ1) is 20.6. The Hall–Kier alpha value is -4.49. The Kier molecular flexibility index (Phi) is 8.92. The molecule has 4 aromatic rings. The number of aryl methyl sites for hydroxylation is 2. The number of nitrogens with one attached hydrogen (secondary N) is 2. The second-order valence-electron chi connectivity index (χ2n) is 10.7. The third-order valence-electron chi connectivity index (χ3n) is 7.28. The highest BCUT2D eigenvalue weighted by Gasteiger charge is 2.29. The van der Waals surface area contributed by atoms with Gasteiger partial charge in [0.1, 0.15) is 16.3 Å². The van der Waals surface area contributed by atoms with Crippen LogP contribution in [0.4, 0.5) is 4.79 Å². The van der Waals surface area contributed by atoms with Gasteiger partial charge < -0.3 is 25.1 Å². The number of benzene rings is 2. The number of rotatable bonds is 5. The molecule has 0 spiro atoms. The zero-order chi connectivity index (χ0) is 30.6. The van der Waals surface area contributed by atoms with E-state index in [1.807, 2.05) is 37.3 Å². The Morgan fingerprint density at radius 2 is 1.79 bits per heavy atom. The Balaban J connectivity index is 1.54. The third kappa shape index (κ3) is 7.12. The Labute approximate surface area is 249 Å². The van der Waals surface area contributed by atoms with E-state index in [9.17, 15) is 23.1 Å². The molecule has 0 aliphatic carbocycles. The fraction of sp³-hybridized carbons (Fsp3) is 0.333. The molecule has 2 aromatic heterocycles. The fourth-order valence-electron chi connectivity index (χ4n) is 4.93. The molecule has 4 bridgehead atoms. The number of furan rings is 1. The van der Waals surface area contributed by atoms with Crippen LogP contribution in [-0.4, -0.2) is 71.1 Å². The summed E-state index contributed by atoms with van der Waals surface area (Å²) < 4.78 is 35.0. The zero-order valence-electron chi connectivity index (χ0n) is 23.9. The van der Waals surface area contributed by atoms with Crippen LogP contribution >= 0.6 is 0 Å². The van der Waals surface area contributed by atoms with E-state index < -0.39 is 33.9 Å². The minimum atomic E-state index is -4.05. The van der Waals surface area contributed by atoms with E-state index in [2.05, 4.69) is 20.9 Å². The summed E-state index contributed by atoms with van der Waals surface area (Å²) in [6.45, 7) is 1.90. The first-order valence-electron chi connectivity index (χ1n) is 13.9. The predicted octanol–water partition coefficient (Wildman–Crippen LogP) is 2.50. The number of aliphatic hydroxyl groups excluding tert-OH is 1. The molecule has 0 saturated carbocycles. The molecular weight excluding hydrogens is 572 g/mol. The van der Waals surface area contributed by atoms with Crippen molar-refractivity contribution < 1.29 is 27.5 Å². The lowest BCUT2D eigenvalue weighted by molar-refractivity contribution is 0.0901. The molecule has 0 saturated heterocycles. The number of hydrogen-bond acceptors (Lipinski definition) is 8. The number of carbonyl (C=O) groups excluding carboxylic acids is 2. The van der Waals surface area contributed by atoms with Gasteiger partial charge in [0.15, 0.2) is 5.76 Å². The molecule has 3 N–H and O–H groups in total. The maximum atomic E-state index is 13.7. The smallest absolute Gasteiger partial charge is 0.317 e. The monoisotopic (exact) mass is 606 g/mol. The van der Waals surface area contributed by atoms with Crippen LogP contribution in [0.2, 0.25) is 0 Å². The van der Waals surface area contributed by atoms with Crippen molar-refractivity contribution in [3.63, 3.8) is 0 Å². The molecular formula is C30H34N6O6S. The molecule has 12 nitrogen and oxygen atoms in total. The summed E-state index contributed by atoms with van der Waals surface area (Å²) in [6, 6.07) is 15.7. The number of amides is 3. The van der Waals surface area contributed by atoms with E-state index in [0.29, 0.717) is 12.1 Å². The van der Waals surface area contributed by atoms with Crippen molar-refractivity contribution in [3.05, 3.63) is 95.2 Å². The largest absolute Gasteiger partial charge is 0.455 e. The predicted molar refractivity (Wildman–Crippen MR) is 156 cm³/mol. The zero-order valence-corrected chi connectivity index (χ0v) is 24.8. The summed E-state index contributed by atoms with van der Waals surface area (Å²) in [4.78, 5) is 27.8. The normalized spacial score (nSPS) is 18.5. The van der Waals surface area contributed by atoms with Crippen molar-refractivity contribution in [2.45, 2.75) is 61.2 Å². The Morgan fingerprint density at radius 3 is 2.51 bits per heavy atom. The number of aliphatic hydroxyl groups is 1. The van der Waals surface area contributed by atoms with Gasteiger partial charge in [-0.15, -0.1) is 5.10 Å². The molecule has 43 heavy (non-hydrogen) atoms. The summed E-state index contributed by atoms with van der Waals surface area (Å²) in [7, 11) is -2.46. The van der Waals surface area contributed by atoms with Crippen LogP contribution in [0.25, 0.3) is 0 Å². The molecule has 3 amide bonds. The average Bonchev–Trinajstić information content (AvgIpc) is 3.62. The molecule has 0 unspecified atom stereocenters. The number of sulfone groups is 1. The maximum absolute atomic E-state index is 13.7. The number of carbonyl (C=O) groups is 2. The van der Waals surface area contributed by atoms with E-state index in [1.165, 1.54) is 23.1 Å². The van der Waals surface area contributed by atoms with Crippen molar-refractivity contribution in [2.24, 2.45) is 0 Å². The van der Waals surface area contributed by atoms with Crippen molar-refractivity contribution in [1.29, 1.82) is 0 Å². The number of nitrogens with zero attached hydrogens (tertiary/aromatic N) is 4. The summed E-state index contributed by atoms with van der Waals surface area (Å²) in [5, 5.41) is 24.1. The van der Waals surface area contributed by atoms with Crippen molar-refractivity contribution in [2.75, 3.05) is 13.7 Å². The number of fused-ring (bicyclic) bond motifs is 4. The molecule has 5 rings (SSSR count). The second kappa shape index (κ2) is 12.8. The molecule has 1 aliphatic heterocycles. The van der Waals surface area contributed by atoms with Gasteiger partial charge >= 0.3 is 6.03 Å². The van der Waals surface area contributed by atoms with Gasteiger partial charge in [-0.3, -0.25) is 9.48 Å². The number of aromatic nitrogens is 3. The molecule has 226 valence electrons. The molecule has 0 fully saturated rings. The van der Waals surface area contributed by atoms with Crippen LogP contribution in [-0.2, 0) is 35.8 Å². The summed E-state index contributed by atoms with van der Waals surface area (Å²) in [6.07, 6.45) is 2.37. The minimum Gasteiger partial charge on any atom is -0.455 e. The minimum absolute atomic E-state index is 0.0452. The van der Waals surface area contributed by atoms with E-state index in [0.717, 1.165) is 11.1 Å². The first kappa shape index (κ1) is 30.0. The van der Waals surface area contributed by atoms with E-state index in [-0.39, 0.29) is 53.8 Å². The fourth-order valence-corrected chi connectivity index (χ4v) is 6.38. The average molecular weight is 607 g/mol.